The Morgan fingerprint density at radius 3 is 2.70 bits per heavy atom. The Labute approximate surface area is 155 Å². The predicted octanol–water partition coefficient (Wildman–Crippen LogP) is 0.930. The van der Waals surface area contributed by atoms with Crippen LogP contribution in [0.25, 0.3) is 0 Å². The van der Waals surface area contributed by atoms with E-state index in [0.29, 0.717) is 29.8 Å². The Morgan fingerprint density at radius 1 is 1.33 bits per heavy atom. The summed E-state index contributed by atoms with van der Waals surface area (Å²) in [6, 6.07) is 3.30. The Bertz CT molecular complexity index is 894. The molecule has 27 heavy (non-hydrogen) atoms. The van der Waals surface area contributed by atoms with Gasteiger partial charge in [0, 0.05) is 36.2 Å². The van der Waals surface area contributed by atoms with Gasteiger partial charge in [-0.25, -0.2) is 4.57 Å². The third kappa shape index (κ3) is 6.16. The number of rotatable bonds is 9. The molecular weight excluding hydrogens is 377 g/mol. The molecule has 0 aliphatic heterocycles. The molecule has 11 heteroatoms. The lowest BCUT2D eigenvalue weighted by atomic mass is 10.1. The van der Waals surface area contributed by atoms with Gasteiger partial charge in [0.15, 0.2) is 0 Å². The molecular formula is C16H22N3O7P. The van der Waals surface area contributed by atoms with Crippen LogP contribution >= 0.6 is 7.82 Å². The highest BCUT2D eigenvalue weighted by molar-refractivity contribution is 7.46. The molecule has 0 aliphatic rings. The summed E-state index contributed by atoms with van der Waals surface area (Å²) in [5.74, 6) is -0.148. The number of phosphoric acid groups is 1. The van der Waals surface area contributed by atoms with Crippen LogP contribution in [0.1, 0.15) is 28.9 Å². The molecule has 0 unspecified atom stereocenters. The Balaban J connectivity index is 2.18. The second-order valence-electron chi connectivity index (χ2n) is 5.87. The fraction of sp³-hybridized carbons (Fsp3) is 0.375. The molecule has 148 valence electrons. The van der Waals surface area contributed by atoms with E-state index in [0.717, 1.165) is 0 Å². The van der Waals surface area contributed by atoms with Crippen LogP contribution in [0.5, 0.6) is 5.75 Å². The fourth-order valence-electron chi connectivity index (χ4n) is 2.41. The van der Waals surface area contributed by atoms with Crippen molar-refractivity contribution in [2.75, 3.05) is 11.9 Å². The standard InChI is InChI=1S/C16H22N3O7P/c1-10-15(21)13(11(7-17-10)9-26-27(23,24)25)8-18-14-5-4-12(3-2-6-20)19-16(14)22/h4-5,7,18,20-21H,2-3,6,8-9H2,1H3,(H,19,22)(H2,23,24,25). The minimum absolute atomic E-state index is 0.0219. The van der Waals surface area contributed by atoms with Crippen molar-refractivity contribution in [3.63, 3.8) is 0 Å². The van der Waals surface area contributed by atoms with E-state index in [1.54, 1.807) is 19.1 Å². The van der Waals surface area contributed by atoms with E-state index in [1.165, 1.54) is 6.20 Å². The number of phosphoric ester groups is 1. The van der Waals surface area contributed by atoms with Crippen LogP contribution in [0.3, 0.4) is 0 Å². The summed E-state index contributed by atoms with van der Waals surface area (Å²) in [6.45, 7) is 1.18. The van der Waals surface area contributed by atoms with Crippen molar-refractivity contribution in [3.05, 3.63) is 51.2 Å². The van der Waals surface area contributed by atoms with Gasteiger partial charge < -0.3 is 30.3 Å². The number of nitrogens with one attached hydrogen (secondary N) is 2. The average Bonchev–Trinajstić information content (AvgIpc) is 2.60. The van der Waals surface area contributed by atoms with E-state index in [4.69, 9.17) is 14.9 Å². The van der Waals surface area contributed by atoms with Gasteiger partial charge in [-0.1, -0.05) is 0 Å². The summed E-state index contributed by atoms with van der Waals surface area (Å²) in [5, 5.41) is 22.0. The monoisotopic (exact) mass is 399 g/mol. The molecule has 0 saturated carbocycles. The summed E-state index contributed by atoms with van der Waals surface area (Å²) >= 11 is 0. The molecule has 2 aromatic heterocycles. The average molecular weight is 399 g/mol. The van der Waals surface area contributed by atoms with Gasteiger partial charge >= 0.3 is 7.82 Å². The maximum absolute atomic E-state index is 12.1. The normalized spacial score (nSPS) is 11.6. The molecule has 0 atom stereocenters. The van der Waals surface area contributed by atoms with Crippen LogP contribution in [0.2, 0.25) is 0 Å². The van der Waals surface area contributed by atoms with Crippen LogP contribution in [0, 0.1) is 6.92 Å². The number of aromatic amines is 1. The Kier molecular flexibility index (Phi) is 7.11. The lowest BCUT2D eigenvalue weighted by Crippen LogP contribution is -2.16. The molecule has 6 N–H and O–H groups in total. The number of nitrogens with zero attached hydrogens (tertiary/aromatic N) is 1. The number of hydrogen-bond donors (Lipinski definition) is 6. The number of aromatic hydroxyl groups is 1. The Hall–Kier alpha value is -2.23. The highest BCUT2D eigenvalue weighted by atomic mass is 31.2. The predicted molar refractivity (Wildman–Crippen MR) is 97.3 cm³/mol. The zero-order valence-corrected chi connectivity index (χ0v) is 15.6. The highest BCUT2D eigenvalue weighted by Gasteiger charge is 2.18. The summed E-state index contributed by atoms with van der Waals surface area (Å²) in [4.78, 5) is 36.5. The molecule has 0 saturated heterocycles. The minimum atomic E-state index is -4.68. The number of aromatic nitrogens is 2. The van der Waals surface area contributed by atoms with Crippen LogP contribution in [-0.2, 0) is 28.7 Å². The topological polar surface area (TPSA) is 165 Å². The van der Waals surface area contributed by atoms with Gasteiger partial charge in [-0.05, 0) is 31.9 Å². The van der Waals surface area contributed by atoms with Crippen molar-refractivity contribution < 1.29 is 29.1 Å². The van der Waals surface area contributed by atoms with E-state index in [-0.39, 0.29) is 35.7 Å². The van der Waals surface area contributed by atoms with Crippen LogP contribution in [0.15, 0.2) is 23.1 Å². The summed E-state index contributed by atoms with van der Waals surface area (Å²) in [5.41, 5.74) is 1.53. The van der Waals surface area contributed by atoms with Gasteiger partial charge in [-0.3, -0.25) is 14.3 Å². The van der Waals surface area contributed by atoms with Gasteiger partial charge in [-0.15, -0.1) is 0 Å². The minimum Gasteiger partial charge on any atom is -0.506 e. The maximum atomic E-state index is 12.1. The number of anilines is 1. The molecule has 0 aromatic carbocycles. The molecule has 0 amide bonds. The van der Waals surface area contributed by atoms with E-state index in [1.807, 2.05) is 0 Å². The van der Waals surface area contributed by atoms with E-state index >= 15 is 0 Å². The zero-order chi connectivity index (χ0) is 20.0. The first-order valence-electron chi connectivity index (χ1n) is 8.14. The quantitative estimate of drug-likeness (QED) is 0.336. The summed E-state index contributed by atoms with van der Waals surface area (Å²) < 4.78 is 15.4. The largest absolute Gasteiger partial charge is 0.506 e. The third-order valence-electron chi connectivity index (χ3n) is 3.85. The SMILES string of the molecule is Cc1ncc(COP(=O)(O)O)c(CNc2ccc(CCCO)[nH]c2=O)c1O. The van der Waals surface area contributed by atoms with Crippen LogP contribution < -0.4 is 10.9 Å². The van der Waals surface area contributed by atoms with Gasteiger partial charge in [0.2, 0.25) is 0 Å². The van der Waals surface area contributed by atoms with Gasteiger partial charge in [-0.2, -0.15) is 0 Å². The lowest BCUT2D eigenvalue weighted by Gasteiger charge is -2.15. The molecule has 0 spiro atoms. The van der Waals surface area contributed by atoms with Crippen molar-refractivity contribution in [1.82, 2.24) is 9.97 Å². The molecule has 2 heterocycles. The van der Waals surface area contributed by atoms with E-state index < -0.39 is 14.4 Å². The molecule has 2 aromatic rings. The second kappa shape index (κ2) is 9.12. The van der Waals surface area contributed by atoms with Crippen LogP contribution in [0.4, 0.5) is 5.69 Å². The van der Waals surface area contributed by atoms with Crippen molar-refractivity contribution >= 4 is 13.5 Å². The molecule has 0 fully saturated rings. The number of aryl methyl sites for hydroxylation is 2. The van der Waals surface area contributed by atoms with Crippen LogP contribution in [-0.4, -0.2) is 36.6 Å². The number of hydrogen-bond acceptors (Lipinski definition) is 7. The first-order valence-corrected chi connectivity index (χ1v) is 9.67. The van der Waals surface area contributed by atoms with Crippen molar-refractivity contribution in [3.8, 4) is 5.75 Å². The zero-order valence-electron chi connectivity index (χ0n) is 14.7. The smallest absolute Gasteiger partial charge is 0.469 e. The second-order valence-corrected chi connectivity index (χ2v) is 7.11. The number of aliphatic hydroxyl groups excluding tert-OH is 1. The van der Waals surface area contributed by atoms with E-state index in [2.05, 4.69) is 19.8 Å². The number of aliphatic hydroxyl groups is 1. The van der Waals surface area contributed by atoms with Crippen molar-refractivity contribution in [2.24, 2.45) is 0 Å². The summed E-state index contributed by atoms with van der Waals surface area (Å²) in [6.07, 6.45) is 2.43. The summed E-state index contributed by atoms with van der Waals surface area (Å²) in [7, 11) is -4.68. The molecule has 0 aliphatic carbocycles. The fourth-order valence-corrected chi connectivity index (χ4v) is 2.72. The molecule has 2 rings (SSSR count). The first kappa shape index (κ1) is 21.1. The molecule has 0 bridgehead atoms. The lowest BCUT2D eigenvalue weighted by molar-refractivity contribution is 0.188. The molecule has 0 radical (unpaired) electrons. The van der Waals surface area contributed by atoms with Crippen molar-refractivity contribution in [1.29, 1.82) is 0 Å². The van der Waals surface area contributed by atoms with Crippen molar-refractivity contribution in [2.45, 2.75) is 32.9 Å². The van der Waals surface area contributed by atoms with E-state index in [9.17, 15) is 14.5 Å². The number of pyridine rings is 2. The number of H-pyrrole nitrogens is 1. The van der Waals surface area contributed by atoms with Gasteiger partial charge in [0.05, 0.1) is 12.3 Å². The highest BCUT2D eigenvalue weighted by Crippen LogP contribution is 2.38. The maximum Gasteiger partial charge on any atom is 0.469 e. The Morgan fingerprint density at radius 2 is 2.07 bits per heavy atom. The van der Waals surface area contributed by atoms with Gasteiger partial charge in [0.1, 0.15) is 11.4 Å². The third-order valence-corrected chi connectivity index (χ3v) is 4.31. The molecule has 10 nitrogen and oxygen atoms in total. The first-order chi connectivity index (χ1) is 12.7. The van der Waals surface area contributed by atoms with Gasteiger partial charge in [0.25, 0.3) is 5.56 Å².